The zero-order valence-corrected chi connectivity index (χ0v) is 13.0. The minimum atomic E-state index is 0.166. The third-order valence-corrected chi connectivity index (χ3v) is 5.30. The molecule has 114 valence electrons. The molecule has 0 aliphatic carbocycles. The maximum absolute atomic E-state index is 12.7. The summed E-state index contributed by atoms with van der Waals surface area (Å²) in [6.45, 7) is 0. The minimum absolute atomic E-state index is 0.166. The number of hydrogen-bond acceptors (Lipinski definition) is 4. The van der Waals surface area contributed by atoms with Crippen molar-refractivity contribution in [2.24, 2.45) is 0 Å². The van der Waals surface area contributed by atoms with Crippen molar-refractivity contribution in [3.05, 3.63) is 46.8 Å². The molecule has 2 aromatic rings. The van der Waals surface area contributed by atoms with Gasteiger partial charge in [-0.1, -0.05) is 6.07 Å². The van der Waals surface area contributed by atoms with Crippen molar-refractivity contribution < 1.29 is 9.53 Å². The van der Waals surface area contributed by atoms with Crippen molar-refractivity contribution in [3.8, 4) is 5.88 Å². The Balaban J connectivity index is 1.47. The van der Waals surface area contributed by atoms with Crippen molar-refractivity contribution >= 4 is 17.2 Å². The molecule has 4 heterocycles. The van der Waals surface area contributed by atoms with E-state index < -0.39 is 0 Å². The number of amides is 1. The third kappa shape index (κ3) is 2.50. The van der Waals surface area contributed by atoms with Crippen molar-refractivity contribution in [1.82, 2.24) is 9.88 Å². The number of fused-ring (bicyclic) bond motifs is 2. The summed E-state index contributed by atoms with van der Waals surface area (Å²) in [4.78, 5) is 19.0. The van der Waals surface area contributed by atoms with E-state index in [9.17, 15) is 4.79 Å². The predicted octanol–water partition coefficient (Wildman–Crippen LogP) is 3.36. The predicted molar refractivity (Wildman–Crippen MR) is 85.2 cm³/mol. The van der Waals surface area contributed by atoms with Crippen LogP contribution in [-0.2, 0) is 0 Å². The number of carbonyl (C=O) groups excluding carboxylic acids is 1. The average Bonchev–Trinajstić information content (AvgIpc) is 3.15. The van der Waals surface area contributed by atoms with Crippen molar-refractivity contribution in [3.63, 3.8) is 0 Å². The highest BCUT2D eigenvalue weighted by molar-refractivity contribution is 7.08. The molecule has 1 amide bonds. The lowest BCUT2D eigenvalue weighted by Gasteiger charge is -2.38. The summed E-state index contributed by atoms with van der Waals surface area (Å²) in [6, 6.07) is 8.25. The van der Waals surface area contributed by atoms with E-state index in [4.69, 9.17) is 4.74 Å². The van der Waals surface area contributed by atoms with Gasteiger partial charge in [0.2, 0.25) is 5.88 Å². The first-order valence-corrected chi connectivity index (χ1v) is 8.68. The van der Waals surface area contributed by atoms with E-state index >= 15 is 0 Å². The number of ether oxygens (including phenoxy) is 1. The quantitative estimate of drug-likeness (QED) is 0.872. The van der Waals surface area contributed by atoms with Gasteiger partial charge in [0.1, 0.15) is 6.10 Å². The van der Waals surface area contributed by atoms with Crippen LogP contribution in [0.3, 0.4) is 0 Å². The SMILES string of the molecule is O=C(c1ccsc1)N1C2CCC1CC(Oc1ccccn1)C2. The molecule has 0 N–H and O–H groups in total. The van der Waals surface area contributed by atoms with Gasteiger partial charge in [0, 0.05) is 42.6 Å². The minimum Gasteiger partial charge on any atom is -0.474 e. The zero-order valence-electron chi connectivity index (χ0n) is 12.2. The Labute approximate surface area is 133 Å². The van der Waals surface area contributed by atoms with Crippen LogP contribution in [0.4, 0.5) is 0 Å². The van der Waals surface area contributed by atoms with E-state index in [1.165, 1.54) is 0 Å². The van der Waals surface area contributed by atoms with Crippen molar-refractivity contribution in [2.75, 3.05) is 0 Å². The van der Waals surface area contributed by atoms with Crippen LogP contribution in [0.5, 0.6) is 5.88 Å². The first-order chi connectivity index (χ1) is 10.8. The van der Waals surface area contributed by atoms with Gasteiger partial charge in [0.05, 0.1) is 5.56 Å². The molecule has 2 atom stereocenters. The van der Waals surface area contributed by atoms with Crippen LogP contribution in [-0.4, -0.2) is 34.0 Å². The molecule has 22 heavy (non-hydrogen) atoms. The highest BCUT2D eigenvalue weighted by atomic mass is 32.1. The Morgan fingerprint density at radius 3 is 2.68 bits per heavy atom. The van der Waals surface area contributed by atoms with Gasteiger partial charge >= 0.3 is 0 Å². The first kappa shape index (κ1) is 13.8. The van der Waals surface area contributed by atoms with Gasteiger partial charge in [-0.2, -0.15) is 11.3 Å². The van der Waals surface area contributed by atoms with Gasteiger partial charge in [0.25, 0.3) is 5.91 Å². The topological polar surface area (TPSA) is 42.4 Å². The summed E-state index contributed by atoms with van der Waals surface area (Å²) in [5, 5.41) is 3.91. The summed E-state index contributed by atoms with van der Waals surface area (Å²) in [7, 11) is 0. The van der Waals surface area contributed by atoms with Crippen LogP contribution in [0.25, 0.3) is 0 Å². The number of pyridine rings is 1. The third-order valence-electron chi connectivity index (χ3n) is 4.62. The summed E-state index contributed by atoms with van der Waals surface area (Å²) in [6.07, 6.45) is 5.90. The molecule has 4 nitrogen and oxygen atoms in total. The van der Waals surface area contributed by atoms with Crippen molar-refractivity contribution in [1.29, 1.82) is 0 Å². The Kier molecular flexibility index (Phi) is 3.58. The van der Waals surface area contributed by atoms with Gasteiger partial charge in [-0.05, 0) is 30.4 Å². The first-order valence-electron chi connectivity index (χ1n) is 7.74. The van der Waals surface area contributed by atoms with Gasteiger partial charge in [0.15, 0.2) is 0 Å². The van der Waals surface area contributed by atoms with Gasteiger partial charge < -0.3 is 9.64 Å². The monoisotopic (exact) mass is 314 g/mol. The van der Waals surface area contributed by atoms with Crippen molar-refractivity contribution in [2.45, 2.75) is 43.9 Å². The molecule has 2 unspecified atom stereocenters. The van der Waals surface area contributed by atoms with Gasteiger partial charge in [-0.15, -0.1) is 0 Å². The molecule has 5 heteroatoms. The number of aromatic nitrogens is 1. The summed E-state index contributed by atoms with van der Waals surface area (Å²) >= 11 is 1.58. The number of carbonyl (C=O) groups is 1. The number of nitrogens with zero attached hydrogens (tertiary/aromatic N) is 2. The number of piperidine rings is 1. The lowest BCUT2D eigenvalue weighted by Crippen LogP contribution is -2.49. The summed E-state index contributed by atoms with van der Waals surface area (Å²) in [5.41, 5.74) is 0.825. The Morgan fingerprint density at radius 2 is 2.05 bits per heavy atom. The molecule has 0 radical (unpaired) electrons. The van der Waals surface area contributed by atoms with Crippen LogP contribution in [0.15, 0.2) is 41.2 Å². The Bertz CT molecular complexity index is 630. The molecule has 2 aliphatic rings. The van der Waals surface area contributed by atoms with E-state index in [1.54, 1.807) is 17.5 Å². The number of hydrogen-bond donors (Lipinski definition) is 0. The molecule has 2 aromatic heterocycles. The molecule has 2 saturated heterocycles. The molecule has 0 aromatic carbocycles. The van der Waals surface area contributed by atoms with E-state index in [0.717, 1.165) is 31.2 Å². The zero-order chi connectivity index (χ0) is 14.9. The maximum atomic E-state index is 12.7. The largest absolute Gasteiger partial charge is 0.474 e. The highest BCUT2D eigenvalue weighted by Crippen LogP contribution is 2.38. The second-order valence-corrected chi connectivity index (χ2v) is 6.77. The van der Waals surface area contributed by atoms with Gasteiger partial charge in [-0.25, -0.2) is 4.98 Å². The lowest BCUT2D eigenvalue weighted by atomic mass is 9.99. The molecular weight excluding hydrogens is 296 g/mol. The van der Waals surface area contributed by atoms with Crippen LogP contribution in [0.1, 0.15) is 36.0 Å². The molecule has 2 aliphatic heterocycles. The van der Waals surface area contributed by atoms with E-state index in [2.05, 4.69) is 9.88 Å². The van der Waals surface area contributed by atoms with Gasteiger partial charge in [-0.3, -0.25) is 4.79 Å². The smallest absolute Gasteiger partial charge is 0.255 e. The summed E-state index contributed by atoms with van der Waals surface area (Å²) in [5.74, 6) is 0.870. The molecule has 0 saturated carbocycles. The van der Waals surface area contributed by atoms with Crippen LogP contribution >= 0.6 is 11.3 Å². The number of rotatable bonds is 3. The van der Waals surface area contributed by atoms with E-state index in [-0.39, 0.29) is 12.0 Å². The Hall–Kier alpha value is -1.88. The second kappa shape index (κ2) is 5.72. The fraction of sp³-hybridized carbons (Fsp3) is 0.412. The van der Waals surface area contributed by atoms with Crippen LogP contribution in [0, 0.1) is 0 Å². The van der Waals surface area contributed by atoms with E-state index in [1.807, 2.05) is 35.0 Å². The summed E-state index contributed by atoms with van der Waals surface area (Å²) < 4.78 is 6.01. The van der Waals surface area contributed by atoms with E-state index in [0.29, 0.717) is 18.0 Å². The molecule has 2 fully saturated rings. The van der Waals surface area contributed by atoms with Crippen LogP contribution < -0.4 is 4.74 Å². The average molecular weight is 314 g/mol. The fourth-order valence-corrected chi connectivity index (χ4v) is 4.31. The highest BCUT2D eigenvalue weighted by Gasteiger charge is 2.44. The molecule has 2 bridgehead atoms. The number of thiophene rings is 1. The Morgan fingerprint density at radius 1 is 1.23 bits per heavy atom. The maximum Gasteiger partial charge on any atom is 0.255 e. The molecular formula is C17H18N2O2S. The lowest BCUT2D eigenvalue weighted by molar-refractivity contribution is 0.0348. The second-order valence-electron chi connectivity index (χ2n) is 5.99. The standard InChI is InChI=1S/C17H18N2O2S/c20-17(12-6-8-22-11-12)19-13-4-5-14(19)10-15(9-13)21-16-3-1-2-7-18-16/h1-3,6-8,11,13-15H,4-5,9-10H2. The van der Waals surface area contributed by atoms with Crippen LogP contribution in [0.2, 0.25) is 0 Å². The normalized spacial score (nSPS) is 26.9. The molecule has 0 spiro atoms. The molecule has 4 rings (SSSR count). The fourth-order valence-electron chi connectivity index (χ4n) is 3.68.